The highest BCUT2D eigenvalue weighted by Crippen LogP contribution is 2.26. The zero-order valence-corrected chi connectivity index (χ0v) is 18.0. The van der Waals surface area contributed by atoms with Gasteiger partial charge in [0.05, 0.1) is 23.4 Å². The molecule has 0 atom stereocenters. The van der Waals surface area contributed by atoms with E-state index in [4.69, 9.17) is 16.3 Å². The average Bonchev–Trinajstić information content (AvgIpc) is 2.71. The molecule has 0 aromatic heterocycles. The summed E-state index contributed by atoms with van der Waals surface area (Å²) in [4.78, 5) is 12.5. The number of sulfone groups is 1. The van der Waals surface area contributed by atoms with E-state index in [1.165, 1.54) is 13.2 Å². The maximum absolute atomic E-state index is 12.9. The maximum Gasteiger partial charge on any atom is 0.323 e. The Bertz CT molecular complexity index is 1160. The summed E-state index contributed by atoms with van der Waals surface area (Å²) in [5.41, 5.74) is 2.09. The van der Waals surface area contributed by atoms with Gasteiger partial charge in [0.15, 0.2) is 9.84 Å². The van der Waals surface area contributed by atoms with Gasteiger partial charge < -0.3 is 15.4 Å². The summed E-state index contributed by atoms with van der Waals surface area (Å²) < 4.78 is 31.1. The normalized spacial score (nSPS) is 11.0. The van der Waals surface area contributed by atoms with Gasteiger partial charge in [-0.15, -0.1) is 0 Å². The van der Waals surface area contributed by atoms with E-state index in [9.17, 15) is 13.2 Å². The summed E-state index contributed by atoms with van der Waals surface area (Å²) in [5.74, 6) is 0.352. The number of ether oxygens (including phenoxy) is 1. The standard InChI is InChI=1S/C22H21ClN2O4S/c1-15-7-12-18(24-22(26)25-19-5-3-4-6-20(19)29-2)13-21(15)30(27,28)14-16-8-10-17(23)11-9-16/h3-13H,14H2,1-2H3,(H2,24,25,26). The summed E-state index contributed by atoms with van der Waals surface area (Å²) in [7, 11) is -2.11. The van der Waals surface area contributed by atoms with Gasteiger partial charge in [-0.2, -0.15) is 0 Å². The van der Waals surface area contributed by atoms with Crippen LogP contribution in [0.2, 0.25) is 5.02 Å². The highest BCUT2D eigenvalue weighted by Gasteiger charge is 2.19. The summed E-state index contributed by atoms with van der Waals surface area (Å²) in [5, 5.41) is 5.90. The highest BCUT2D eigenvalue weighted by molar-refractivity contribution is 7.90. The van der Waals surface area contributed by atoms with Crippen molar-refractivity contribution < 1.29 is 17.9 Å². The second-order valence-electron chi connectivity index (χ2n) is 6.65. The first-order valence-corrected chi connectivity index (χ1v) is 11.1. The van der Waals surface area contributed by atoms with Gasteiger partial charge in [-0.1, -0.05) is 41.9 Å². The summed E-state index contributed by atoms with van der Waals surface area (Å²) in [6.07, 6.45) is 0. The van der Waals surface area contributed by atoms with Gasteiger partial charge in [-0.3, -0.25) is 0 Å². The summed E-state index contributed by atoms with van der Waals surface area (Å²) in [6.45, 7) is 1.72. The zero-order valence-electron chi connectivity index (χ0n) is 16.5. The maximum atomic E-state index is 12.9. The smallest absolute Gasteiger partial charge is 0.323 e. The first-order chi connectivity index (χ1) is 14.3. The lowest BCUT2D eigenvalue weighted by atomic mass is 10.2. The van der Waals surface area contributed by atoms with E-state index in [1.807, 2.05) is 0 Å². The van der Waals surface area contributed by atoms with Crippen LogP contribution in [0.15, 0.2) is 71.6 Å². The van der Waals surface area contributed by atoms with Gasteiger partial charge in [-0.25, -0.2) is 13.2 Å². The molecule has 0 unspecified atom stereocenters. The van der Waals surface area contributed by atoms with Gasteiger partial charge in [0, 0.05) is 10.7 Å². The molecule has 0 aliphatic rings. The molecule has 6 nitrogen and oxygen atoms in total. The Labute approximate surface area is 180 Å². The number of nitrogens with one attached hydrogen (secondary N) is 2. The minimum absolute atomic E-state index is 0.160. The topological polar surface area (TPSA) is 84.5 Å². The number of hydrogen-bond donors (Lipinski definition) is 2. The van der Waals surface area contributed by atoms with Crippen LogP contribution in [0, 0.1) is 6.92 Å². The molecular weight excluding hydrogens is 424 g/mol. The number of rotatable bonds is 6. The van der Waals surface area contributed by atoms with Crippen molar-refractivity contribution in [1.82, 2.24) is 0 Å². The molecular formula is C22H21ClN2O4S. The van der Waals surface area contributed by atoms with Crippen molar-refractivity contribution in [1.29, 1.82) is 0 Å². The number of benzene rings is 3. The van der Waals surface area contributed by atoms with Crippen molar-refractivity contribution in [2.45, 2.75) is 17.6 Å². The van der Waals surface area contributed by atoms with Crippen molar-refractivity contribution in [3.63, 3.8) is 0 Å². The Hall–Kier alpha value is -3.03. The van der Waals surface area contributed by atoms with Crippen LogP contribution < -0.4 is 15.4 Å². The van der Waals surface area contributed by atoms with E-state index >= 15 is 0 Å². The molecule has 0 radical (unpaired) electrons. The fourth-order valence-corrected chi connectivity index (χ4v) is 4.70. The van der Waals surface area contributed by atoms with Crippen molar-refractivity contribution in [3.05, 3.63) is 82.9 Å². The number of carbonyl (C=O) groups is 1. The van der Waals surface area contributed by atoms with Crippen LogP contribution in [0.5, 0.6) is 5.75 Å². The second-order valence-corrected chi connectivity index (χ2v) is 9.04. The molecule has 0 saturated heterocycles. The number of halogens is 1. The van der Waals surface area contributed by atoms with E-state index in [0.29, 0.717) is 33.3 Å². The zero-order chi connectivity index (χ0) is 21.7. The lowest BCUT2D eigenvalue weighted by Gasteiger charge is -2.13. The Morgan fingerprint density at radius 1 is 1.00 bits per heavy atom. The number of urea groups is 1. The van der Waals surface area contributed by atoms with Gasteiger partial charge in [0.25, 0.3) is 0 Å². The number of carbonyl (C=O) groups excluding carboxylic acids is 1. The molecule has 0 bridgehead atoms. The molecule has 0 heterocycles. The van der Waals surface area contributed by atoms with Crippen molar-refractivity contribution in [2.75, 3.05) is 17.7 Å². The molecule has 0 aliphatic heterocycles. The van der Waals surface area contributed by atoms with Crippen LogP contribution >= 0.6 is 11.6 Å². The summed E-state index contributed by atoms with van der Waals surface area (Å²) in [6, 6.07) is 17.9. The molecule has 3 rings (SSSR count). The van der Waals surface area contributed by atoms with E-state index in [-0.39, 0.29) is 10.6 Å². The predicted molar refractivity (Wildman–Crippen MR) is 119 cm³/mol. The molecule has 3 aromatic carbocycles. The molecule has 0 saturated carbocycles. The third-order valence-electron chi connectivity index (χ3n) is 4.41. The monoisotopic (exact) mass is 444 g/mol. The number of aryl methyl sites for hydroxylation is 1. The number of para-hydroxylation sites is 2. The lowest BCUT2D eigenvalue weighted by molar-refractivity contribution is 0.262. The van der Waals surface area contributed by atoms with Crippen LogP contribution in [0.25, 0.3) is 0 Å². The average molecular weight is 445 g/mol. The van der Waals surface area contributed by atoms with Crippen LogP contribution in [0.4, 0.5) is 16.2 Å². The molecule has 0 spiro atoms. The molecule has 2 N–H and O–H groups in total. The van der Waals surface area contributed by atoms with Crippen LogP contribution in [-0.4, -0.2) is 21.6 Å². The minimum Gasteiger partial charge on any atom is -0.495 e. The summed E-state index contributed by atoms with van der Waals surface area (Å²) >= 11 is 5.87. The van der Waals surface area contributed by atoms with Crippen LogP contribution in [0.1, 0.15) is 11.1 Å². The van der Waals surface area contributed by atoms with Gasteiger partial charge in [0.1, 0.15) is 5.75 Å². The third-order valence-corrected chi connectivity index (χ3v) is 6.48. The number of methoxy groups -OCH3 is 1. The quantitative estimate of drug-likeness (QED) is 0.542. The SMILES string of the molecule is COc1ccccc1NC(=O)Nc1ccc(C)c(S(=O)(=O)Cc2ccc(Cl)cc2)c1. The van der Waals surface area contributed by atoms with Crippen molar-refractivity contribution in [3.8, 4) is 5.75 Å². The van der Waals surface area contributed by atoms with E-state index in [2.05, 4.69) is 10.6 Å². The van der Waals surface area contributed by atoms with Gasteiger partial charge in [0.2, 0.25) is 0 Å². The molecule has 30 heavy (non-hydrogen) atoms. The Kier molecular flexibility index (Phi) is 6.64. The lowest BCUT2D eigenvalue weighted by Crippen LogP contribution is -2.20. The fourth-order valence-electron chi connectivity index (χ4n) is 2.92. The molecule has 2 amide bonds. The highest BCUT2D eigenvalue weighted by atomic mass is 35.5. The van der Waals surface area contributed by atoms with Crippen molar-refractivity contribution in [2.24, 2.45) is 0 Å². The van der Waals surface area contributed by atoms with E-state index in [0.717, 1.165) is 0 Å². The van der Waals surface area contributed by atoms with Crippen LogP contribution in [-0.2, 0) is 15.6 Å². The molecule has 156 valence electrons. The molecule has 3 aromatic rings. The van der Waals surface area contributed by atoms with Crippen LogP contribution in [0.3, 0.4) is 0 Å². The van der Waals surface area contributed by atoms with Crippen molar-refractivity contribution >= 4 is 38.8 Å². The molecule has 0 fully saturated rings. The number of amides is 2. The van der Waals surface area contributed by atoms with E-state index < -0.39 is 15.9 Å². The third kappa shape index (κ3) is 5.31. The van der Waals surface area contributed by atoms with Gasteiger partial charge >= 0.3 is 6.03 Å². The largest absolute Gasteiger partial charge is 0.495 e. The number of anilines is 2. The first-order valence-electron chi connectivity index (χ1n) is 9.07. The number of hydrogen-bond acceptors (Lipinski definition) is 4. The minimum atomic E-state index is -3.62. The Morgan fingerprint density at radius 3 is 2.40 bits per heavy atom. The fraction of sp³-hybridized carbons (Fsp3) is 0.136. The Balaban J connectivity index is 1.79. The predicted octanol–water partition coefficient (Wildman–Crippen LogP) is 5.27. The van der Waals surface area contributed by atoms with E-state index in [1.54, 1.807) is 67.6 Å². The first kappa shape index (κ1) is 21.7. The Morgan fingerprint density at radius 2 is 1.70 bits per heavy atom. The molecule has 8 heteroatoms. The van der Waals surface area contributed by atoms with Gasteiger partial charge in [-0.05, 0) is 54.4 Å². The second kappa shape index (κ2) is 9.19. The molecule has 0 aliphatic carbocycles.